The molecule has 3 saturated carbocycles. The molecule has 1 unspecified atom stereocenters. The van der Waals surface area contributed by atoms with Crippen LogP contribution in [-0.2, 0) is 21.4 Å². The van der Waals surface area contributed by atoms with Crippen LogP contribution in [0.25, 0.3) is 5.57 Å². The van der Waals surface area contributed by atoms with E-state index in [0.717, 1.165) is 70.6 Å². The highest BCUT2D eigenvalue weighted by Crippen LogP contribution is 2.76. The van der Waals surface area contributed by atoms with Gasteiger partial charge in [0.2, 0.25) is 0 Å². The van der Waals surface area contributed by atoms with E-state index in [1.165, 1.54) is 35.2 Å². The highest BCUT2D eigenvalue weighted by atomic mass is 16.5. The van der Waals surface area contributed by atoms with Crippen molar-refractivity contribution in [1.82, 2.24) is 15.2 Å². The molecular formula is C40H57N5O3. The average Bonchev–Trinajstić information content (AvgIpc) is 3.41. The second kappa shape index (κ2) is 10.6. The van der Waals surface area contributed by atoms with Crippen LogP contribution in [0.15, 0.2) is 23.9 Å². The van der Waals surface area contributed by atoms with Crippen molar-refractivity contribution in [3.05, 3.63) is 40.7 Å². The maximum atomic E-state index is 12.9. The fraction of sp³-hybridized carbons (Fsp3) is 0.725. The first-order chi connectivity index (χ1) is 22.6. The maximum Gasteiger partial charge on any atom is 0.306 e. The van der Waals surface area contributed by atoms with Crippen LogP contribution in [-0.4, -0.2) is 52.6 Å². The van der Waals surface area contributed by atoms with Gasteiger partial charge in [-0.1, -0.05) is 54.0 Å². The van der Waals surface area contributed by atoms with Crippen molar-refractivity contribution in [2.75, 3.05) is 36.9 Å². The lowest BCUT2D eigenvalue weighted by Gasteiger charge is -2.70. The summed E-state index contributed by atoms with van der Waals surface area (Å²) in [6.45, 7) is 20.4. The summed E-state index contributed by atoms with van der Waals surface area (Å²) >= 11 is 0. The molecule has 8 rings (SSSR count). The van der Waals surface area contributed by atoms with Crippen molar-refractivity contribution in [3.63, 3.8) is 0 Å². The minimum absolute atomic E-state index is 0.0248. The Kier molecular flexibility index (Phi) is 7.12. The fourth-order valence-electron chi connectivity index (χ4n) is 13.2. The number of carboxylic acid groups (broad SMARTS) is 1. The molecule has 8 heteroatoms. The SMILES string of the molecule is CC1(C)C[C@@H]2C3=C(c4ccc(N5CCOCC5)nc4)CC4[C@@]5(C)Cc6c(N)n[nH]c6C(C)(C)[C@@H]5CC[C@@]4(C)[C@]3(C)CC[C@@H]2[C@H](C(=O)O)C1. The highest BCUT2D eigenvalue weighted by molar-refractivity contribution is 5.75. The summed E-state index contributed by atoms with van der Waals surface area (Å²) < 4.78 is 5.62. The summed E-state index contributed by atoms with van der Waals surface area (Å²) in [5, 5.41) is 18.5. The number of pyridine rings is 1. The molecule has 8 nitrogen and oxygen atoms in total. The summed E-state index contributed by atoms with van der Waals surface area (Å²) in [7, 11) is 0. The van der Waals surface area contributed by atoms with Crippen LogP contribution in [0.4, 0.5) is 11.6 Å². The molecule has 48 heavy (non-hydrogen) atoms. The van der Waals surface area contributed by atoms with Gasteiger partial charge in [-0.05, 0) is 120 Å². The highest BCUT2D eigenvalue weighted by Gasteiger charge is 2.68. The smallest absolute Gasteiger partial charge is 0.306 e. The van der Waals surface area contributed by atoms with E-state index in [2.05, 4.69) is 81.9 Å². The zero-order chi connectivity index (χ0) is 34.0. The van der Waals surface area contributed by atoms with Crippen LogP contribution in [0, 0.1) is 51.2 Å². The molecule has 0 radical (unpaired) electrons. The number of hydrogen-bond acceptors (Lipinski definition) is 6. The molecule has 0 bridgehead atoms. The topological polar surface area (TPSA) is 117 Å². The largest absolute Gasteiger partial charge is 0.481 e. The van der Waals surface area contributed by atoms with Gasteiger partial charge in [0.15, 0.2) is 0 Å². The zero-order valence-corrected chi connectivity index (χ0v) is 30.3. The standard InChI is InChI=1S/C40H57N5O3/c1-36(2)19-26-24(27(20-36)35(46)47)10-12-40(7)32(26)25(23-8-9-31(42-22-23)45-14-16-48-17-15-45)18-30-38(5)21-28-33(43-44-34(28)41)37(3,4)29(38)11-13-39(30,40)6/h8-9,22,24,26-27,29-30H,10-21H2,1-7H3,(H,46,47)(H3,41,43,44)/t24-,26-,27+,29-,30?,38-,39+,40+/m0/s1. The Morgan fingerprint density at radius 2 is 1.77 bits per heavy atom. The van der Waals surface area contributed by atoms with Crippen molar-refractivity contribution in [2.45, 2.75) is 105 Å². The number of nitrogens with two attached hydrogens (primary N) is 1. The number of carboxylic acids is 1. The third kappa shape index (κ3) is 4.38. The Morgan fingerprint density at radius 1 is 1.02 bits per heavy atom. The van der Waals surface area contributed by atoms with Gasteiger partial charge in [-0.15, -0.1) is 0 Å². The first-order valence-electron chi connectivity index (χ1n) is 18.7. The van der Waals surface area contributed by atoms with Gasteiger partial charge in [0, 0.05) is 36.0 Å². The van der Waals surface area contributed by atoms with E-state index in [9.17, 15) is 9.90 Å². The number of allylic oxidation sites excluding steroid dienone is 2. The monoisotopic (exact) mass is 655 g/mol. The number of morpholine rings is 1. The Labute approximate surface area is 286 Å². The number of aromatic nitrogens is 3. The molecule has 1 aliphatic heterocycles. The van der Waals surface area contributed by atoms with Crippen molar-refractivity contribution in [1.29, 1.82) is 0 Å². The van der Waals surface area contributed by atoms with Gasteiger partial charge < -0.3 is 20.5 Å². The molecule has 1 saturated heterocycles. The number of fused-ring (bicyclic) bond motifs is 8. The molecule has 0 spiro atoms. The lowest BCUT2D eigenvalue weighted by atomic mass is 9.33. The summed E-state index contributed by atoms with van der Waals surface area (Å²) in [4.78, 5) is 20.3. The van der Waals surface area contributed by atoms with Gasteiger partial charge in [0.1, 0.15) is 11.6 Å². The molecular weight excluding hydrogens is 598 g/mol. The van der Waals surface area contributed by atoms with E-state index < -0.39 is 5.97 Å². The van der Waals surface area contributed by atoms with Crippen molar-refractivity contribution >= 4 is 23.2 Å². The third-order valence-electron chi connectivity index (χ3n) is 15.5. The van der Waals surface area contributed by atoms with Crippen LogP contribution in [0.3, 0.4) is 0 Å². The zero-order valence-electron chi connectivity index (χ0n) is 30.3. The maximum absolute atomic E-state index is 12.9. The predicted octanol–water partition coefficient (Wildman–Crippen LogP) is 7.51. The van der Waals surface area contributed by atoms with Crippen LogP contribution < -0.4 is 10.6 Å². The first kappa shape index (κ1) is 32.3. The fourth-order valence-corrected chi connectivity index (χ4v) is 13.2. The van der Waals surface area contributed by atoms with Gasteiger partial charge in [0.05, 0.1) is 19.1 Å². The summed E-state index contributed by atoms with van der Waals surface area (Å²) in [5.74, 6) is 2.18. The second-order valence-electron chi connectivity index (χ2n) is 18.7. The molecule has 8 atom stereocenters. The quantitative estimate of drug-likeness (QED) is 0.313. The number of ether oxygens (including phenoxy) is 1. The van der Waals surface area contributed by atoms with Crippen LogP contribution in [0.5, 0.6) is 0 Å². The number of hydrogen-bond donors (Lipinski definition) is 3. The number of rotatable bonds is 3. The van der Waals surface area contributed by atoms with E-state index in [4.69, 9.17) is 15.5 Å². The third-order valence-corrected chi connectivity index (χ3v) is 15.5. The summed E-state index contributed by atoms with van der Waals surface area (Å²) in [6, 6.07) is 4.55. The molecule has 5 aliphatic carbocycles. The number of aromatic amines is 1. The Hall–Kier alpha value is -2.87. The van der Waals surface area contributed by atoms with Crippen LogP contribution in [0.2, 0.25) is 0 Å². The molecule has 260 valence electrons. The van der Waals surface area contributed by atoms with Crippen LogP contribution >= 0.6 is 0 Å². The lowest BCUT2D eigenvalue weighted by molar-refractivity contribution is -0.161. The molecule has 0 amide bonds. The van der Waals surface area contributed by atoms with Gasteiger partial charge in [-0.25, -0.2) is 4.98 Å². The molecule has 4 fully saturated rings. The number of nitrogens with one attached hydrogen (secondary N) is 1. The number of aliphatic carboxylic acids is 1. The molecule has 2 aromatic heterocycles. The summed E-state index contributed by atoms with van der Waals surface area (Å²) in [6.07, 6.45) is 10.3. The van der Waals surface area contributed by atoms with E-state index >= 15 is 0 Å². The van der Waals surface area contributed by atoms with Gasteiger partial charge in [-0.2, -0.15) is 5.10 Å². The predicted molar refractivity (Wildman–Crippen MR) is 189 cm³/mol. The average molecular weight is 656 g/mol. The van der Waals surface area contributed by atoms with E-state index in [-0.39, 0.29) is 44.8 Å². The Bertz CT molecular complexity index is 1650. The Morgan fingerprint density at radius 3 is 2.46 bits per heavy atom. The number of nitrogens with zero attached hydrogens (tertiary/aromatic N) is 3. The second-order valence-corrected chi connectivity index (χ2v) is 18.7. The molecule has 3 heterocycles. The molecule has 4 N–H and O–H groups in total. The summed E-state index contributed by atoms with van der Waals surface area (Å²) in [5.41, 5.74) is 13.3. The van der Waals surface area contributed by atoms with Crippen molar-refractivity contribution in [2.24, 2.45) is 51.2 Å². The van der Waals surface area contributed by atoms with Crippen LogP contribution in [0.1, 0.15) is 110 Å². The molecule has 2 aromatic rings. The van der Waals surface area contributed by atoms with Gasteiger partial charge in [-0.3, -0.25) is 9.89 Å². The number of anilines is 2. The number of carbonyl (C=O) groups is 1. The minimum Gasteiger partial charge on any atom is -0.481 e. The van der Waals surface area contributed by atoms with Gasteiger partial charge >= 0.3 is 5.97 Å². The van der Waals surface area contributed by atoms with Crippen molar-refractivity contribution in [3.8, 4) is 0 Å². The van der Waals surface area contributed by atoms with E-state index in [0.29, 0.717) is 17.7 Å². The van der Waals surface area contributed by atoms with E-state index in [1.807, 2.05) is 0 Å². The number of nitrogen functional groups attached to an aromatic ring is 1. The van der Waals surface area contributed by atoms with E-state index in [1.54, 1.807) is 5.57 Å². The molecule has 6 aliphatic rings. The number of H-pyrrole nitrogens is 1. The van der Waals surface area contributed by atoms with Crippen molar-refractivity contribution < 1.29 is 14.6 Å². The minimum atomic E-state index is -0.606. The first-order valence-corrected chi connectivity index (χ1v) is 18.7. The normalized spacial score (nSPS) is 39.8. The Balaban J connectivity index is 1.31. The van der Waals surface area contributed by atoms with Gasteiger partial charge in [0.25, 0.3) is 0 Å². The molecule has 0 aromatic carbocycles. The lowest BCUT2D eigenvalue weighted by Crippen LogP contribution is -2.64.